The lowest BCUT2D eigenvalue weighted by Crippen LogP contribution is -2.14. The minimum absolute atomic E-state index is 0.0641. The quantitative estimate of drug-likeness (QED) is 0.585. The van der Waals surface area contributed by atoms with E-state index >= 15 is 0 Å². The Hall–Kier alpha value is -2.96. The number of alkyl halides is 3. The zero-order valence-corrected chi connectivity index (χ0v) is 15.6. The van der Waals surface area contributed by atoms with E-state index in [2.05, 4.69) is 34.1 Å². The molecule has 3 rings (SSSR count). The van der Waals surface area contributed by atoms with Crippen LogP contribution in [0, 0.1) is 5.92 Å². The van der Waals surface area contributed by atoms with Gasteiger partial charge < -0.3 is 5.32 Å². The number of hydrogen-bond acceptors (Lipinski definition) is 4. The number of benzene rings is 1. The van der Waals surface area contributed by atoms with E-state index in [0.29, 0.717) is 17.3 Å². The van der Waals surface area contributed by atoms with Crippen LogP contribution in [0.15, 0.2) is 61.2 Å². The molecule has 0 aliphatic carbocycles. The summed E-state index contributed by atoms with van der Waals surface area (Å²) in [5.74, 6) is 0.853. The van der Waals surface area contributed by atoms with Crippen molar-refractivity contribution in [2.75, 3.05) is 5.32 Å². The molecule has 0 saturated heterocycles. The normalized spacial score (nSPS) is 12.8. The van der Waals surface area contributed by atoms with Gasteiger partial charge in [-0.2, -0.15) is 13.2 Å². The topological polar surface area (TPSA) is 50.7 Å². The molecule has 3 aromatic rings. The second-order valence-electron chi connectivity index (χ2n) is 6.98. The third-order valence-electron chi connectivity index (χ3n) is 4.26. The van der Waals surface area contributed by atoms with Crippen molar-refractivity contribution in [2.45, 2.75) is 32.5 Å². The summed E-state index contributed by atoms with van der Waals surface area (Å²) in [7, 11) is 0. The number of halogens is 3. The molecule has 0 bridgehead atoms. The summed E-state index contributed by atoms with van der Waals surface area (Å²) in [5, 5.41) is 3.42. The standard InChI is InChI=1S/C21H21F3N4/c1-14(2)10-19(16-4-3-9-25-11-16)28-18-12-26-20(27-13-18)15-5-7-17(8-6-15)21(22,23)24/h3-9,11-14,19,28H,10H2,1-2H3. The Labute approximate surface area is 161 Å². The summed E-state index contributed by atoms with van der Waals surface area (Å²) in [6.45, 7) is 4.30. The van der Waals surface area contributed by atoms with E-state index in [0.717, 1.165) is 29.8 Å². The van der Waals surface area contributed by atoms with E-state index in [9.17, 15) is 13.2 Å². The molecule has 0 aliphatic rings. The molecule has 1 aromatic carbocycles. The molecule has 1 unspecified atom stereocenters. The van der Waals surface area contributed by atoms with E-state index in [-0.39, 0.29) is 6.04 Å². The first-order valence-corrected chi connectivity index (χ1v) is 8.99. The molecule has 7 heteroatoms. The van der Waals surface area contributed by atoms with Crippen LogP contribution < -0.4 is 5.32 Å². The summed E-state index contributed by atoms with van der Waals surface area (Å²) in [6, 6.07) is 8.80. The zero-order chi connectivity index (χ0) is 20.1. The molecule has 0 aliphatic heterocycles. The highest BCUT2D eigenvalue weighted by Gasteiger charge is 2.30. The largest absolute Gasteiger partial charge is 0.416 e. The number of pyridine rings is 1. The van der Waals surface area contributed by atoms with Gasteiger partial charge in [-0.3, -0.25) is 4.98 Å². The number of aromatic nitrogens is 3. The maximum atomic E-state index is 12.7. The lowest BCUT2D eigenvalue weighted by molar-refractivity contribution is -0.137. The highest BCUT2D eigenvalue weighted by molar-refractivity contribution is 5.57. The SMILES string of the molecule is CC(C)CC(Nc1cnc(-c2ccc(C(F)(F)F)cc2)nc1)c1cccnc1. The highest BCUT2D eigenvalue weighted by atomic mass is 19.4. The number of rotatable bonds is 6. The monoisotopic (exact) mass is 386 g/mol. The average molecular weight is 386 g/mol. The third-order valence-corrected chi connectivity index (χ3v) is 4.26. The van der Waals surface area contributed by atoms with Crippen molar-refractivity contribution in [1.29, 1.82) is 0 Å². The van der Waals surface area contributed by atoms with Gasteiger partial charge in [-0.05, 0) is 36.1 Å². The number of anilines is 1. The fraction of sp³-hybridized carbons (Fsp3) is 0.286. The Kier molecular flexibility index (Phi) is 5.92. The Morgan fingerprint density at radius 3 is 2.18 bits per heavy atom. The van der Waals surface area contributed by atoms with Crippen LogP contribution in [0.3, 0.4) is 0 Å². The lowest BCUT2D eigenvalue weighted by atomic mass is 9.98. The molecule has 1 atom stereocenters. The molecule has 0 fully saturated rings. The second kappa shape index (κ2) is 8.37. The zero-order valence-electron chi connectivity index (χ0n) is 15.6. The lowest BCUT2D eigenvalue weighted by Gasteiger charge is -2.21. The maximum absolute atomic E-state index is 12.7. The van der Waals surface area contributed by atoms with Crippen molar-refractivity contribution in [3.8, 4) is 11.4 Å². The first-order valence-electron chi connectivity index (χ1n) is 8.99. The van der Waals surface area contributed by atoms with Gasteiger partial charge >= 0.3 is 6.18 Å². The number of hydrogen-bond donors (Lipinski definition) is 1. The van der Waals surface area contributed by atoms with Gasteiger partial charge in [-0.15, -0.1) is 0 Å². The number of nitrogens with zero attached hydrogens (tertiary/aromatic N) is 3. The van der Waals surface area contributed by atoms with Crippen molar-refractivity contribution in [3.63, 3.8) is 0 Å². The Morgan fingerprint density at radius 2 is 1.64 bits per heavy atom. The summed E-state index contributed by atoms with van der Waals surface area (Å²) >= 11 is 0. The first-order chi connectivity index (χ1) is 13.3. The summed E-state index contributed by atoms with van der Waals surface area (Å²) in [4.78, 5) is 12.8. The summed E-state index contributed by atoms with van der Waals surface area (Å²) in [6.07, 6.45) is 3.40. The van der Waals surface area contributed by atoms with Crippen LogP contribution in [0.5, 0.6) is 0 Å². The van der Waals surface area contributed by atoms with Crippen LogP contribution in [0.4, 0.5) is 18.9 Å². The fourth-order valence-corrected chi connectivity index (χ4v) is 2.89. The molecular weight excluding hydrogens is 365 g/mol. The van der Waals surface area contributed by atoms with Crippen LogP contribution >= 0.6 is 0 Å². The average Bonchev–Trinajstić information content (AvgIpc) is 2.68. The molecule has 0 spiro atoms. The van der Waals surface area contributed by atoms with Crippen LogP contribution in [0.25, 0.3) is 11.4 Å². The van der Waals surface area contributed by atoms with Crippen molar-refractivity contribution in [1.82, 2.24) is 15.0 Å². The molecule has 2 aromatic heterocycles. The van der Waals surface area contributed by atoms with E-state index in [1.807, 2.05) is 18.3 Å². The fourth-order valence-electron chi connectivity index (χ4n) is 2.89. The van der Waals surface area contributed by atoms with Gasteiger partial charge in [0.1, 0.15) is 0 Å². The smallest absolute Gasteiger partial charge is 0.376 e. The molecule has 4 nitrogen and oxygen atoms in total. The second-order valence-corrected chi connectivity index (χ2v) is 6.98. The van der Waals surface area contributed by atoms with Crippen LogP contribution in [0.1, 0.15) is 37.4 Å². The molecule has 2 heterocycles. The summed E-state index contributed by atoms with van der Waals surface area (Å²) < 4.78 is 38.0. The summed E-state index contributed by atoms with van der Waals surface area (Å²) in [5.41, 5.74) is 1.65. The van der Waals surface area contributed by atoms with Gasteiger partial charge in [-0.25, -0.2) is 9.97 Å². The van der Waals surface area contributed by atoms with Gasteiger partial charge in [0, 0.05) is 18.0 Å². The molecule has 0 radical (unpaired) electrons. The molecule has 146 valence electrons. The van der Waals surface area contributed by atoms with Crippen molar-refractivity contribution in [3.05, 3.63) is 72.3 Å². The molecule has 1 N–H and O–H groups in total. The van der Waals surface area contributed by atoms with Crippen LogP contribution in [-0.2, 0) is 6.18 Å². The van der Waals surface area contributed by atoms with E-state index in [4.69, 9.17) is 0 Å². The number of nitrogens with one attached hydrogen (secondary N) is 1. The van der Waals surface area contributed by atoms with E-state index in [1.54, 1.807) is 18.6 Å². The first kappa shape index (κ1) is 19.8. The van der Waals surface area contributed by atoms with E-state index < -0.39 is 11.7 Å². The van der Waals surface area contributed by atoms with Crippen molar-refractivity contribution >= 4 is 5.69 Å². The van der Waals surface area contributed by atoms with Gasteiger partial charge in [0.2, 0.25) is 0 Å². The van der Waals surface area contributed by atoms with Crippen LogP contribution in [-0.4, -0.2) is 15.0 Å². The van der Waals surface area contributed by atoms with Crippen LogP contribution in [0.2, 0.25) is 0 Å². The Balaban J connectivity index is 1.76. The van der Waals surface area contributed by atoms with Crippen molar-refractivity contribution in [2.24, 2.45) is 5.92 Å². The molecule has 28 heavy (non-hydrogen) atoms. The minimum atomic E-state index is -4.36. The molecule has 0 saturated carbocycles. The highest BCUT2D eigenvalue weighted by Crippen LogP contribution is 2.30. The van der Waals surface area contributed by atoms with E-state index in [1.165, 1.54) is 12.1 Å². The molecular formula is C21H21F3N4. The van der Waals surface area contributed by atoms with Gasteiger partial charge in [0.05, 0.1) is 29.7 Å². The molecule has 0 amide bonds. The van der Waals surface area contributed by atoms with Gasteiger partial charge in [0.25, 0.3) is 0 Å². The Morgan fingerprint density at radius 1 is 0.964 bits per heavy atom. The van der Waals surface area contributed by atoms with Gasteiger partial charge in [-0.1, -0.05) is 32.0 Å². The van der Waals surface area contributed by atoms with Crippen molar-refractivity contribution < 1.29 is 13.2 Å². The minimum Gasteiger partial charge on any atom is -0.376 e. The predicted molar refractivity (Wildman–Crippen MR) is 103 cm³/mol. The van der Waals surface area contributed by atoms with Gasteiger partial charge in [0.15, 0.2) is 5.82 Å². The maximum Gasteiger partial charge on any atom is 0.416 e. The Bertz CT molecular complexity index is 876. The predicted octanol–water partition coefficient (Wildman–Crippen LogP) is 5.76. The third kappa shape index (κ3) is 5.06.